The second-order valence-corrected chi connectivity index (χ2v) is 3.71. The molecule has 90 valence electrons. The summed E-state index contributed by atoms with van der Waals surface area (Å²) in [6.07, 6.45) is 0. The fourth-order valence-corrected chi connectivity index (χ4v) is 1.46. The number of hydrogen-bond acceptors (Lipinski definition) is 4. The highest BCUT2D eigenvalue weighted by molar-refractivity contribution is 5.78. The summed E-state index contributed by atoms with van der Waals surface area (Å²) in [7, 11) is 3.04. The van der Waals surface area contributed by atoms with Crippen LogP contribution in [-0.4, -0.2) is 25.2 Å². The second kappa shape index (κ2) is 4.69. The van der Waals surface area contributed by atoms with Crippen LogP contribution in [0.2, 0.25) is 0 Å². The van der Waals surface area contributed by atoms with E-state index in [-0.39, 0.29) is 0 Å². The van der Waals surface area contributed by atoms with E-state index in [0.717, 1.165) is 10.9 Å². The van der Waals surface area contributed by atoms with Gasteiger partial charge in [-0.25, -0.2) is 4.98 Å². The molecule has 0 amide bonds. The van der Waals surface area contributed by atoms with Gasteiger partial charge >= 0.3 is 5.97 Å². The average Bonchev–Trinajstić information content (AvgIpc) is 2.38. The van der Waals surface area contributed by atoms with Crippen LogP contribution in [0, 0.1) is 0 Å². The highest BCUT2D eigenvalue weighted by Crippen LogP contribution is 2.21. The molecule has 0 saturated carbocycles. The van der Waals surface area contributed by atoms with Crippen LogP contribution < -0.4 is 4.74 Å². The van der Waals surface area contributed by atoms with Crippen molar-refractivity contribution in [1.29, 1.82) is 0 Å². The predicted molar refractivity (Wildman–Crippen MR) is 64.8 cm³/mol. The van der Waals surface area contributed by atoms with Crippen LogP contribution in [0.4, 0.5) is 0 Å². The molecule has 0 radical (unpaired) electrons. The minimum atomic E-state index is -1.12. The van der Waals surface area contributed by atoms with Crippen LogP contribution in [-0.2, 0) is 9.47 Å². The van der Waals surface area contributed by atoms with Crippen LogP contribution >= 0.6 is 0 Å². The summed E-state index contributed by atoms with van der Waals surface area (Å²) < 4.78 is 15.8. The maximum Gasteiger partial charge on any atom is 0.324 e. The van der Waals surface area contributed by atoms with E-state index in [1.54, 1.807) is 13.0 Å². The van der Waals surface area contributed by atoms with Crippen molar-refractivity contribution in [3.05, 3.63) is 36.4 Å². The number of benzene rings is 1. The summed E-state index contributed by atoms with van der Waals surface area (Å²) in [5, 5.41) is 1.07. The summed E-state index contributed by atoms with van der Waals surface area (Å²) in [5.74, 6) is -0.648. The lowest BCUT2D eigenvalue weighted by Gasteiger charge is -2.25. The Morgan fingerprint density at radius 2 is 1.71 bits per heavy atom. The molecule has 1 aromatic carbocycles. The van der Waals surface area contributed by atoms with Crippen molar-refractivity contribution in [2.45, 2.75) is 12.9 Å². The minimum absolute atomic E-state index is 0.468. The fraction of sp³-hybridized carbons (Fsp3) is 0.308. The normalized spacial score (nSPS) is 11.7. The number of ether oxygens (including phenoxy) is 3. The number of hydrogen-bond donors (Lipinski definition) is 0. The SMILES string of the molecule is COC(C)(OC)Oc1ccc2ccccc2n1. The van der Waals surface area contributed by atoms with Gasteiger partial charge in [-0.3, -0.25) is 0 Å². The number of rotatable bonds is 4. The van der Waals surface area contributed by atoms with Crippen LogP contribution in [0.3, 0.4) is 0 Å². The van der Waals surface area contributed by atoms with Gasteiger partial charge in [-0.1, -0.05) is 18.2 Å². The van der Waals surface area contributed by atoms with Crippen LogP contribution in [0.25, 0.3) is 10.9 Å². The molecule has 0 aliphatic carbocycles. The van der Waals surface area contributed by atoms with Crippen molar-refractivity contribution in [3.63, 3.8) is 0 Å². The van der Waals surface area contributed by atoms with E-state index < -0.39 is 5.97 Å². The summed E-state index contributed by atoms with van der Waals surface area (Å²) in [6, 6.07) is 11.6. The standard InChI is InChI=1S/C13H15NO3/c1-13(15-2,16-3)17-12-9-8-10-6-4-5-7-11(10)14-12/h4-9H,1-3H3. The zero-order valence-electron chi connectivity index (χ0n) is 10.1. The van der Waals surface area contributed by atoms with Crippen molar-refractivity contribution in [2.24, 2.45) is 0 Å². The highest BCUT2D eigenvalue weighted by Gasteiger charge is 2.25. The van der Waals surface area contributed by atoms with Crippen molar-refractivity contribution in [1.82, 2.24) is 4.98 Å². The van der Waals surface area contributed by atoms with Gasteiger partial charge in [-0.05, 0) is 12.1 Å². The molecule has 0 atom stereocenters. The van der Waals surface area contributed by atoms with Gasteiger partial charge in [0.25, 0.3) is 0 Å². The smallest absolute Gasteiger partial charge is 0.324 e. The first-order valence-corrected chi connectivity index (χ1v) is 5.32. The van der Waals surface area contributed by atoms with E-state index in [9.17, 15) is 0 Å². The van der Waals surface area contributed by atoms with Gasteiger partial charge in [-0.15, -0.1) is 0 Å². The molecule has 0 fully saturated rings. The first kappa shape index (κ1) is 11.8. The number of aromatic nitrogens is 1. The van der Waals surface area contributed by atoms with Gasteiger partial charge in [0, 0.05) is 32.6 Å². The van der Waals surface area contributed by atoms with E-state index in [4.69, 9.17) is 14.2 Å². The monoisotopic (exact) mass is 233 g/mol. The highest BCUT2D eigenvalue weighted by atomic mass is 16.9. The zero-order chi connectivity index (χ0) is 12.3. The second-order valence-electron chi connectivity index (χ2n) is 3.71. The zero-order valence-corrected chi connectivity index (χ0v) is 10.1. The minimum Gasteiger partial charge on any atom is -0.421 e. The van der Waals surface area contributed by atoms with Gasteiger partial charge in [-0.2, -0.15) is 0 Å². The summed E-state index contributed by atoms with van der Waals surface area (Å²) in [5.41, 5.74) is 0.875. The molecular formula is C13H15NO3. The molecule has 0 unspecified atom stereocenters. The van der Waals surface area contributed by atoms with Gasteiger partial charge in [0.2, 0.25) is 5.88 Å². The Morgan fingerprint density at radius 1 is 1.00 bits per heavy atom. The Kier molecular flexibility index (Phi) is 3.26. The quantitative estimate of drug-likeness (QED) is 0.761. The molecule has 1 aromatic heterocycles. The molecular weight excluding hydrogens is 218 g/mol. The molecule has 0 bridgehead atoms. The lowest BCUT2D eigenvalue weighted by Crippen LogP contribution is -2.36. The molecule has 4 heteroatoms. The lowest BCUT2D eigenvalue weighted by molar-refractivity contribution is -0.310. The van der Waals surface area contributed by atoms with Crippen molar-refractivity contribution in [2.75, 3.05) is 14.2 Å². The van der Waals surface area contributed by atoms with Gasteiger partial charge < -0.3 is 14.2 Å². The molecule has 4 nitrogen and oxygen atoms in total. The van der Waals surface area contributed by atoms with E-state index in [0.29, 0.717) is 5.88 Å². The molecule has 2 rings (SSSR count). The number of methoxy groups -OCH3 is 2. The van der Waals surface area contributed by atoms with Crippen molar-refractivity contribution in [3.8, 4) is 5.88 Å². The molecule has 17 heavy (non-hydrogen) atoms. The largest absolute Gasteiger partial charge is 0.421 e. The van der Waals surface area contributed by atoms with Crippen LogP contribution in [0.15, 0.2) is 36.4 Å². The lowest BCUT2D eigenvalue weighted by atomic mass is 10.2. The summed E-state index contributed by atoms with van der Waals surface area (Å²) >= 11 is 0. The van der Waals surface area contributed by atoms with Crippen molar-refractivity contribution >= 4 is 10.9 Å². The first-order valence-electron chi connectivity index (χ1n) is 5.32. The molecule has 0 aliphatic heterocycles. The van der Waals surface area contributed by atoms with E-state index >= 15 is 0 Å². The first-order chi connectivity index (χ1) is 8.17. The fourth-order valence-electron chi connectivity index (χ4n) is 1.46. The van der Waals surface area contributed by atoms with Crippen LogP contribution in [0.5, 0.6) is 5.88 Å². The summed E-state index contributed by atoms with van der Waals surface area (Å²) in [6.45, 7) is 1.68. The van der Waals surface area contributed by atoms with Crippen LogP contribution in [0.1, 0.15) is 6.92 Å². The third-order valence-corrected chi connectivity index (χ3v) is 2.60. The average molecular weight is 233 g/mol. The van der Waals surface area contributed by atoms with Gasteiger partial charge in [0.15, 0.2) is 0 Å². The molecule has 0 spiro atoms. The Labute approximate surface area is 100 Å². The Morgan fingerprint density at radius 3 is 2.41 bits per heavy atom. The number of nitrogens with zero attached hydrogens (tertiary/aromatic N) is 1. The Hall–Kier alpha value is -1.65. The van der Waals surface area contributed by atoms with Gasteiger partial charge in [0.05, 0.1) is 5.52 Å². The number of pyridine rings is 1. The third-order valence-electron chi connectivity index (χ3n) is 2.60. The maximum absolute atomic E-state index is 5.55. The molecule has 0 aliphatic rings. The molecule has 0 saturated heterocycles. The third kappa shape index (κ3) is 2.54. The topological polar surface area (TPSA) is 40.6 Å². The number of fused-ring (bicyclic) bond motifs is 1. The van der Waals surface area contributed by atoms with E-state index in [1.165, 1.54) is 14.2 Å². The van der Waals surface area contributed by atoms with Crippen molar-refractivity contribution < 1.29 is 14.2 Å². The van der Waals surface area contributed by atoms with E-state index in [2.05, 4.69) is 4.98 Å². The molecule has 0 N–H and O–H groups in total. The maximum atomic E-state index is 5.55. The Bertz CT molecular complexity index is 509. The van der Waals surface area contributed by atoms with Gasteiger partial charge in [0.1, 0.15) is 0 Å². The number of para-hydroxylation sites is 1. The van der Waals surface area contributed by atoms with E-state index in [1.807, 2.05) is 30.3 Å². The Balaban J connectivity index is 2.31. The predicted octanol–water partition coefficient (Wildman–Crippen LogP) is 2.58. The molecule has 2 aromatic rings. The molecule has 1 heterocycles. The summed E-state index contributed by atoms with van der Waals surface area (Å²) in [4.78, 5) is 4.37.